The van der Waals surface area contributed by atoms with Crippen LogP contribution in [0.2, 0.25) is 5.02 Å². The number of halogens is 1. The van der Waals surface area contributed by atoms with E-state index in [1.807, 2.05) is 0 Å². The van der Waals surface area contributed by atoms with Crippen LogP contribution in [0.4, 0.5) is 5.13 Å². The van der Waals surface area contributed by atoms with Crippen LogP contribution in [0, 0.1) is 4.77 Å². The van der Waals surface area contributed by atoms with Crippen LogP contribution in [0.5, 0.6) is 0 Å². The predicted octanol–water partition coefficient (Wildman–Crippen LogP) is 2.02. The Morgan fingerprint density at radius 1 is 1.23 bits per heavy atom. The molecule has 1 aliphatic rings. The molecule has 31 heavy (non-hydrogen) atoms. The normalized spacial score (nSPS) is 13.8. The molecule has 3 aromatic rings. The van der Waals surface area contributed by atoms with Crippen molar-refractivity contribution in [2.75, 3.05) is 31.2 Å². The number of morpholine rings is 1. The number of hydrazine groups is 1. The quantitative estimate of drug-likeness (QED) is 0.378. The number of carbonyl (C=O) groups excluding carboxylic acids is 2. The van der Waals surface area contributed by atoms with Crippen LogP contribution < -0.4 is 15.8 Å². The highest BCUT2D eigenvalue weighted by atomic mass is 35.5. The average molecular weight is 480 g/mol. The third-order valence-corrected chi connectivity index (χ3v) is 5.95. The van der Waals surface area contributed by atoms with Gasteiger partial charge in [-0.25, -0.2) is 4.98 Å². The molecule has 1 aromatic carbocycles. The molecule has 3 heterocycles. The molecule has 3 N–H and O–H groups in total. The molecule has 0 unspecified atom stereocenters. The third-order valence-electron chi connectivity index (χ3n) is 4.48. The summed E-state index contributed by atoms with van der Waals surface area (Å²) in [5.41, 5.74) is 5.74. The number of hydrogen-bond acceptors (Lipinski definition) is 8. The molecule has 4 rings (SSSR count). The molecule has 0 spiro atoms. The van der Waals surface area contributed by atoms with Crippen molar-refractivity contribution in [3.05, 3.63) is 45.1 Å². The zero-order valence-electron chi connectivity index (χ0n) is 16.1. The summed E-state index contributed by atoms with van der Waals surface area (Å²) in [4.78, 5) is 31.1. The van der Waals surface area contributed by atoms with Crippen LogP contribution >= 0.6 is 35.2 Å². The third kappa shape index (κ3) is 5.10. The summed E-state index contributed by atoms with van der Waals surface area (Å²) in [6, 6.07) is 6.99. The van der Waals surface area contributed by atoms with Gasteiger partial charge in [-0.15, -0.1) is 11.3 Å². The number of aromatic amines is 1. The molecule has 0 radical (unpaired) electrons. The van der Waals surface area contributed by atoms with E-state index in [4.69, 9.17) is 28.6 Å². The lowest BCUT2D eigenvalue weighted by atomic mass is 10.2. The first-order valence-electron chi connectivity index (χ1n) is 9.30. The molecule has 0 atom stereocenters. The molecular formula is C18H18ClN7O3S2. The van der Waals surface area contributed by atoms with E-state index in [0.717, 1.165) is 23.8 Å². The van der Waals surface area contributed by atoms with Gasteiger partial charge in [-0.3, -0.25) is 30.1 Å². The van der Waals surface area contributed by atoms with Gasteiger partial charge in [-0.05, 0) is 36.5 Å². The second-order valence-electron chi connectivity index (χ2n) is 6.56. The number of aromatic nitrogens is 4. The van der Waals surface area contributed by atoms with Crippen molar-refractivity contribution in [2.24, 2.45) is 0 Å². The molecule has 0 saturated carbocycles. The van der Waals surface area contributed by atoms with Crippen molar-refractivity contribution in [1.29, 1.82) is 0 Å². The van der Waals surface area contributed by atoms with Crippen molar-refractivity contribution in [2.45, 2.75) is 6.54 Å². The molecular weight excluding hydrogens is 462 g/mol. The van der Waals surface area contributed by atoms with Gasteiger partial charge in [0.15, 0.2) is 15.7 Å². The van der Waals surface area contributed by atoms with Crippen molar-refractivity contribution in [1.82, 2.24) is 30.6 Å². The summed E-state index contributed by atoms with van der Waals surface area (Å²) in [6.45, 7) is 2.58. The first-order chi connectivity index (χ1) is 15.0. The van der Waals surface area contributed by atoms with Gasteiger partial charge in [-0.1, -0.05) is 11.6 Å². The Labute approximate surface area is 191 Å². The van der Waals surface area contributed by atoms with Gasteiger partial charge in [0.1, 0.15) is 12.2 Å². The number of hydrogen-bond donors (Lipinski definition) is 3. The van der Waals surface area contributed by atoms with Gasteiger partial charge in [0.2, 0.25) is 0 Å². The summed E-state index contributed by atoms with van der Waals surface area (Å²) >= 11 is 12.5. The second-order valence-corrected chi connectivity index (χ2v) is 8.22. The maximum atomic E-state index is 12.4. The molecule has 1 aliphatic heterocycles. The lowest BCUT2D eigenvalue weighted by Crippen LogP contribution is -2.43. The predicted molar refractivity (Wildman–Crippen MR) is 119 cm³/mol. The Hall–Kier alpha value is -2.80. The average Bonchev–Trinajstić information content (AvgIpc) is 3.41. The molecule has 1 fully saturated rings. The van der Waals surface area contributed by atoms with Crippen molar-refractivity contribution in [3.8, 4) is 11.4 Å². The van der Waals surface area contributed by atoms with E-state index in [-0.39, 0.29) is 17.0 Å². The SMILES string of the molecule is O=C(Cn1c(-c2ccc(Cl)cc2)n[nH]c1=S)NNC(=O)c1csc(N2CCOCC2)n1. The topological polar surface area (TPSA) is 117 Å². The standard InChI is InChI=1S/C18H18ClN7O3S2/c19-12-3-1-11(2-4-12)15-22-24-17(30)26(15)9-14(27)21-23-16(28)13-10-31-18(20-13)25-5-7-29-8-6-25/h1-4,10H,5-9H2,(H,21,27)(H,23,28)(H,24,30). The lowest BCUT2D eigenvalue weighted by molar-refractivity contribution is -0.122. The monoisotopic (exact) mass is 479 g/mol. The number of benzene rings is 1. The fraction of sp³-hybridized carbons (Fsp3) is 0.278. The summed E-state index contributed by atoms with van der Waals surface area (Å²) in [7, 11) is 0. The molecule has 1 saturated heterocycles. The van der Waals surface area contributed by atoms with E-state index < -0.39 is 11.8 Å². The number of nitrogens with zero attached hydrogens (tertiary/aromatic N) is 4. The van der Waals surface area contributed by atoms with Gasteiger partial charge in [0.25, 0.3) is 11.8 Å². The van der Waals surface area contributed by atoms with E-state index in [1.165, 1.54) is 15.9 Å². The van der Waals surface area contributed by atoms with E-state index in [9.17, 15) is 9.59 Å². The zero-order valence-corrected chi connectivity index (χ0v) is 18.5. The summed E-state index contributed by atoms with van der Waals surface area (Å²) in [5, 5.41) is 9.83. The van der Waals surface area contributed by atoms with Gasteiger partial charge in [0, 0.05) is 29.1 Å². The van der Waals surface area contributed by atoms with Gasteiger partial charge in [-0.2, -0.15) is 5.10 Å². The summed E-state index contributed by atoms with van der Waals surface area (Å²) in [6.07, 6.45) is 0. The fourth-order valence-electron chi connectivity index (χ4n) is 2.93. The molecule has 13 heteroatoms. The number of anilines is 1. The molecule has 0 aliphatic carbocycles. The highest BCUT2D eigenvalue weighted by molar-refractivity contribution is 7.71. The number of H-pyrrole nitrogens is 1. The first-order valence-corrected chi connectivity index (χ1v) is 11.0. The number of rotatable bonds is 5. The number of carbonyl (C=O) groups is 2. The lowest BCUT2D eigenvalue weighted by Gasteiger charge is -2.25. The van der Waals surface area contributed by atoms with Gasteiger partial charge >= 0.3 is 0 Å². The maximum Gasteiger partial charge on any atom is 0.289 e. The van der Waals surface area contributed by atoms with Crippen LogP contribution in [-0.4, -0.2) is 57.9 Å². The van der Waals surface area contributed by atoms with E-state index in [1.54, 1.807) is 29.6 Å². The van der Waals surface area contributed by atoms with Crippen LogP contribution in [0.3, 0.4) is 0 Å². The number of amides is 2. The van der Waals surface area contributed by atoms with Crippen LogP contribution in [0.25, 0.3) is 11.4 Å². The molecule has 0 bridgehead atoms. The Bertz CT molecular complexity index is 1140. The summed E-state index contributed by atoms with van der Waals surface area (Å²) < 4.78 is 7.13. The minimum absolute atomic E-state index is 0.135. The number of thiazole rings is 1. The van der Waals surface area contributed by atoms with Crippen molar-refractivity contribution >= 4 is 52.1 Å². The Morgan fingerprint density at radius 3 is 2.71 bits per heavy atom. The summed E-state index contributed by atoms with van der Waals surface area (Å²) in [5.74, 6) is -0.486. The van der Waals surface area contributed by atoms with Gasteiger partial charge < -0.3 is 9.64 Å². The zero-order chi connectivity index (χ0) is 21.8. The van der Waals surface area contributed by atoms with E-state index in [0.29, 0.717) is 24.1 Å². The molecule has 162 valence electrons. The number of nitrogens with one attached hydrogen (secondary N) is 3. The minimum atomic E-state index is -0.502. The maximum absolute atomic E-state index is 12.4. The second kappa shape index (κ2) is 9.56. The highest BCUT2D eigenvalue weighted by Gasteiger charge is 2.18. The Morgan fingerprint density at radius 2 is 1.97 bits per heavy atom. The first kappa shape index (κ1) is 21.4. The van der Waals surface area contributed by atoms with Crippen LogP contribution in [0.1, 0.15) is 10.5 Å². The molecule has 2 amide bonds. The van der Waals surface area contributed by atoms with Gasteiger partial charge in [0.05, 0.1) is 13.2 Å². The van der Waals surface area contributed by atoms with Crippen molar-refractivity contribution < 1.29 is 14.3 Å². The van der Waals surface area contributed by atoms with Crippen molar-refractivity contribution in [3.63, 3.8) is 0 Å². The molecule has 2 aromatic heterocycles. The van der Waals surface area contributed by atoms with Crippen LogP contribution in [0.15, 0.2) is 29.6 Å². The fourth-order valence-corrected chi connectivity index (χ4v) is 4.11. The minimum Gasteiger partial charge on any atom is -0.378 e. The van der Waals surface area contributed by atoms with E-state index in [2.05, 4.69) is 30.9 Å². The molecule has 10 nitrogen and oxygen atoms in total. The van der Waals surface area contributed by atoms with E-state index >= 15 is 0 Å². The highest BCUT2D eigenvalue weighted by Crippen LogP contribution is 2.21. The largest absolute Gasteiger partial charge is 0.378 e. The smallest absolute Gasteiger partial charge is 0.289 e. The number of ether oxygens (including phenoxy) is 1. The Kier molecular flexibility index (Phi) is 6.61. The Balaban J connectivity index is 1.36. The van der Waals surface area contributed by atoms with Crippen LogP contribution in [-0.2, 0) is 16.1 Å².